The summed E-state index contributed by atoms with van der Waals surface area (Å²) in [6.07, 6.45) is 1.58. The number of carbonyl (C=O) groups excluding carboxylic acids is 4. The Balaban J connectivity index is 1.47. The van der Waals surface area contributed by atoms with E-state index >= 15 is 0 Å². The number of aryl methyl sites for hydroxylation is 1. The van der Waals surface area contributed by atoms with Gasteiger partial charge in [-0.15, -0.1) is 0 Å². The standard InChI is InChI=1S/C23H24N4O4/c1-14-8-9-17(12-19(14)24-15(2)28)21(29)25-18-6-3-5-16(11-18)13-27-22(30)20-7-4-10-26(20)23(27)31/h3,5-6,8-9,11-12,20H,4,7,10,13H2,1-2H3,(H,24,28)(H,25,29). The molecule has 2 N–H and O–H groups in total. The third kappa shape index (κ3) is 4.14. The van der Waals surface area contributed by atoms with E-state index in [1.165, 1.54) is 11.8 Å². The number of hydrogen-bond acceptors (Lipinski definition) is 4. The van der Waals surface area contributed by atoms with Gasteiger partial charge in [-0.25, -0.2) is 4.79 Å². The Hall–Kier alpha value is -3.68. The fourth-order valence-corrected chi connectivity index (χ4v) is 4.05. The Morgan fingerprint density at radius 2 is 1.90 bits per heavy atom. The molecule has 31 heavy (non-hydrogen) atoms. The van der Waals surface area contributed by atoms with Crippen molar-refractivity contribution >= 4 is 35.1 Å². The van der Waals surface area contributed by atoms with Crippen molar-refractivity contribution in [1.82, 2.24) is 9.80 Å². The van der Waals surface area contributed by atoms with Crippen LogP contribution in [0.4, 0.5) is 16.2 Å². The molecule has 1 atom stereocenters. The summed E-state index contributed by atoms with van der Waals surface area (Å²) in [4.78, 5) is 52.1. The van der Waals surface area contributed by atoms with E-state index in [4.69, 9.17) is 0 Å². The molecule has 0 aliphatic carbocycles. The highest BCUT2D eigenvalue weighted by molar-refractivity contribution is 6.06. The normalized spacial score (nSPS) is 17.7. The van der Waals surface area contributed by atoms with Gasteiger partial charge in [0.2, 0.25) is 5.91 Å². The van der Waals surface area contributed by atoms with Gasteiger partial charge >= 0.3 is 6.03 Å². The SMILES string of the molecule is CC(=O)Nc1cc(C(=O)Nc2cccc(CN3C(=O)C4CCCN4C3=O)c2)ccc1C. The summed E-state index contributed by atoms with van der Waals surface area (Å²) in [5, 5.41) is 5.55. The third-order valence-corrected chi connectivity index (χ3v) is 5.62. The minimum atomic E-state index is -0.324. The lowest BCUT2D eigenvalue weighted by Gasteiger charge is -2.16. The predicted molar refractivity (Wildman–Crippen MR) is 116 cm³/mol. The van der Waals surface area contributed by atoms with E-state index in [1.54, 1.807) is 41.3 Å². The molecule has 2 fully saturated rings. The maximum Gasteiger partial charge on any atom is 0.327 e. The zero-order valence-electron chi connectivity index (χ0n) is 17.5. The molecule has 2 heterocycles. The second kappa shape index (κ2) is 8.22. The first-order chi connectivity index (χ1) is 14.8. The van der Waals surface area contributed by atoms with Gasteiger partial charge in [-0.1, -0.05) is 18.2 Å². The molecule has 0 radical (unpaired) electrons. The molecule has 0 saturated carbocycles. The summed E-state index contributed by atoms with van der Waals surface area (Å²) in [7, 11) is 0. The number of anilines is 2. The average Bonchev–Trinajstić information content (AvgIpc) is 3.29. The topological polar surface area (TPSA) is 98.8 Å². The summed E-state index contributed by atoms with van der Waals surface area (Å²) in [6, 6.07) is 11.6. The van der Waals surface area contributed by atoms with Crippen LogP contribution in [0.2, 0.25) is 0 Å². The Bertz CT molecular complexity index is 1060. The summed E-state index contributed by atoms with van der Waals surface area (Å²) in [5.74, 6) is -0.681. The van der Waals surface area contributed by atoms with E-state index in [9.17, 15) is 19.2 Å². The van der Waals surface area contributed by atoms with Crippen LogP contribution in [0.5, 0.6) is 0 Å². The van der Waals surface area contributed by atoms with Gasteiger partial charge < -0.3 is 15.5 Å². The summed E-state index contributed by atoms with van der Waals surface area (Å²) >= 11 is 0. The van der Waals surface area contributed by atoms with Gasteiger partial charge in [-0.2, -0.15) is 0 Å². The Labute approximate surface area is 180 Å². The second-order valence-electron chi connectivity index (χ2n) is 7.92. The highest BCUT2D eigenvalue weighted by atomic mass is 16.2. The zero-order chi connectivity index (χ0) is 22.1. The monoisotopic (exact) mass is 420 g/mol. The van der Waals surface area contributed by atoms with Crippen molar-refractivity contribution in [3.8, 4) is 0 Å². The maximum atomic E-state index is 12.7. The van der Waals surface area contributed by atoms with Crippen molar-refractivity contribution in [2.24, 2.45) is 0 Å². The quantitative estimate of drug-likeness (QED) is 0.726. The number of amides is 5. The molecule has 160 valence electrons. The molecule has 0 spiro atoms. The van der Waals surface area contributed by atoms with E-state index in [0.29, 0.717) is 29.9 Å². The van der Waals surface area contributed by atoms with Gasteiger partial charge in [-0.05, 0) is 55.2 Å². The highest BCUT2D eigenvalue weighted by Crippen LogP contribution is 2.29. The van der Waals surface area contributed by atoms with E-state index < -0.39 is 0 Å². The molecule has 8 nitrogen and oxygen atoms in total. The van der Waals surface area contributed by atoms with E-state index in [0.717, 1.165) is 17.5 Å². The predicted octanol–water partition coefficient (Wildman–Crippen LogP) is 3.13. The van der Waals surface area contributed by atoms with Gasteiger partial charge in [0, 0.05) is 30.4 Å². The molecule has 5 amide bonds. The maximum absolute atomic E-state index is 12.7. The molecule has 2 saturated heterocycles. The third-order valence-electron chi connectivity index (χ3n) is 5.62. The van der Waals surface area contributed by atoms with E-state index in [-0.39, 0.29) is 36.3 Å². The van der Waals surface area contributed by atoms with Crippen molar-refractivity contribution in [3.05, 3.63) is 59.2 Å². The zero-order valence-corrected chi connectivity index (χ0v) is 17.5. The molecule has 1 unspecified atom stereocenters. The minimum absolute atomic E-state index is 0.151. The number of urea groups is 1. The molecule has 2 aromatic rings. The van der Waals surface area contributed by atoms with Crippen molar-refractivity contribution in [1.29, 1.82) is 0 Å². The average molecular weight is 420 g/mol. The molecule has 4 rings (SSSR count). The van der Waals surface area contributed by atoms with Crippen LogP contribution in [-0.4, -0.2) is 46.1 Å². The Morgan fingerprint density at radius 3 is 2.65 bits per heavy atom. The molecule has 2 aliphatic rings. The first-order valence-corrected chi connectivity index (χ1v) is 10.2. The minimum Gasteiger partial charge on any atom is -0.326 e. The van der Waals surface area contributed by atoms with Crippen molar-refractivity contribution < 1.29 is 19.2 Å². The number of nitrogens with one attached hydrogen (secondary N) is 2. The molecular weight excluding hydrogens is 396 g/mol. The van der Waals surface area contributed by atoms with Gasteiger partial charge in [0.15, 0.2) is 0 Å². The van der Waals surface area contributed by atoms with Crippen LogP contribution in [0.25, 0.3) is 0 Å². The second-order valence-corrected chi connectivity index (χ2v) is 7.92. The van der Waals surface area contributed by atoms with Crippen LogP contribution in [-0.2, 0) is 16.1 Å². The van der Waals surface area contributed by atoms with E-state index in [2.05, 4.69) is 10.6 Å². The van der Waals surface area contributed by atoms with Gasteiger partial charge in [-0.3, -0.25) is 19.3 Å². The fraction of sp³-hybridized carbons (Fsp3) is 0.304. The number of fused-ring (bicyclic) bond motifs is 1. The Kier molecular flexibility index (Phi) is 5.46. The van der Waals surface area contributed by atoms with Crippen LogP contribution < -0.4 is 10.6 Å². The van der Waals surface area contributed by atoms with Gasteiger partial charge in [0.25, 0.3) is 11.8 Å². The fourth-order valence-electron chi connectivity index (χ4n) is 4.05. The summed E-state index contributed by atoms with van der Waals surface area (Å²) in [5.41, 5.74) is 3.16. The van der Waals surface area contributed by atoms with Gasteiger partial charge in [0.05, 0.1) is 6.54 Å². The highest BCUT2D eigenvalue weighted by Gasteiger charge is 2.47. The van der Waals surface area contributed by atoms with Crippen LogP contribution in [0.15, 0.2) is 42.5 Å². The number of carbonyl (C=O) groups is 4. The van der Waals surface area contributed by atoms with Crippen molar-refractivity contribution in [2.75, 3.05) is 17.2 Å². The number of nitrogens with zero attached hydrogens (tertiary/aromatic N) is 2. The first-order valence-electron chi connectivity index (χ1n) is 10.2. The summed E-state index contributed by atoms with van der Waals surface area (Å²) < 4.78 is 0. The summed E-state index contributed by atoms with van der Waals surface area (Å²) in [6.45, 7) is 4.06. The molecule has 8 heteroatoms. The Morgan fingerprint density at radius 1 is 1.10 bits per heavy atom. The van der Waals surface area contributed by atoms with Crippen molar-refractivity contribution in [2.45, 2.75) is 39.3 Å². The van der Waals surface area contributed by atoms with Gasteiger partial charge in [0.1, 0.15) is 6.04 Å². The smallest absolute Gasteiger partial charge is 0.326 e. The molecule has 2 aliphatic heterocycles. The lowest BCUT2D eigenvalue weighted by Crippen LogP contribution is -2.32. The first kappa shape index (κ1) is 20.6. The molecule has 2 aromatic carbocycles. The van der Waals surface area contributed by atoms with Crippen LogP contribution >= 0.6 is 0 Å². The molecular formula is C23H24N4O4. The number of hydrogen-bond donors (Lipinski definition) is 2. The van der Waals surface area contributed by atoms with E-state index in [1.807, 2.05) is 13.0 Å². The number of imide groups is 1. The van der Waals surface area contributed by atoms with Crippen LogP contribution in [0.3, 0.4) is 0 Å². The van der Waals surface area contributed by atoms with Crippen LogP contribution in [0.1, 0.15) is 41.3 Å². The largest absolute Gasteiger partial charge is 0.327 e. The number of benzene rings is 2. The lowest BCUT2D eigenvalue weighted by atomic mass is 10.1. The van der Waals surface area contributed by atoms with Crippen LogP contribution in [0, 0.1) is 6.92 Å². The molecule has 0 bridgehead atoms. The molecule has 0 aromatic heterocycles. The lowest BCUT2D eigenvalue weighted by molar-refractivity contribution is -0.128. The van der Waals surface area contributed by atoms with Crippen molar-refractivity contribution in [3.63, 3.8) is 0 Å². The number of rotatable bonds is 5.